The van der Waals surface area contributed by atoms with E-state index in [9.17, 15) is 4.79 Å². The Balaban J connectivity index is 2.42. The first kappa shape index (κ1) is 19.1. The highest BCUT2D eigenvalue weighted by molar-refractivity contribution is 7.14. The van der Waals surface area contributed by atoms with Gasteiger partial charge in [0.1, 0.15) is 4.88 Å². The van der Waals surface area contributed by atoms with Crippen LogP contribution in [0.15, 0.2) is 0 Å². The van der Waals surface area contributed by atoms with E-state index in [1.54, 1.807) is 7.11 Å². The monoisotopic (exact) mass is 327 g/mol. The zero-order chi connectivity index (χ0) is 16.8. The minimum atomic E-state index is -0.0159. The third-order valence-electron chi connectivity index (χ3n) is 3.32. The Hall–Kier alpha value is -0.980. The Morgan fingerprint density at radius 3 is 2.59 bits per heavy atom. The number of nitrogens with zero attached hydrogens (tertiary/aromatic N) is 2. The number of hydrogen-bond donors (Lipinski definition) is 1. The number of methoxy groups -OCH3 is 1. The van der Waals surface area contributed by atoms with Crippen molar-refractivity contribution in [3.05, 3.63) is 15.6 Å². The number of thiazole rings is 1. The Morgan fingerprint density at radius 2 is 2.05 bits per heavy atom. The van der Waals surface area contributed by atoms with Crippen LogP contribution in [0.4, 0.5) is 0 Å². The molecule has 0 aliphatic heterocycles. The van der Waals surface area contributed by atoms with Gasteiger partial charge in [-0.2, -0.15) is 0 Å². The molecule has 0 aliphatic rings. The van der Waals surface area contributed by atoms with Crippen molar-refractivity contribution >= 4 is 17.2 Å². The Bertz CT molecular complexity index is 480. The van der Waals surface area contributed by atoms with Gasteiger partial charge in [0.15, 0.2) is 0 Å². The maximum Gasteiger partial charge on any atom is 0.263 e. The predicted molar refractivity (Wildman–Crippen MR) is 91.9 cm³/mol. The summed E-state index contributed by atoms with van der Waals surface area (Å²) >= 11 is 1.50. The number of amides is 1. The molecule has 1 N–H and O–H groups in total. The van der Waals surface area contributed by atoms with Crippen molar-refractivity contribution in [2.75, 3.05) is 40.4 Å². The fourth-order valence-electron chi connectivity index (χ4n) is 1.92. The van der Waals surface area contributed by atoms with Crippen molar-refractivity contribution in [2.45, 2.75) is 39.5 Å². The number of aryl methyl sites for hydroxylation is 1. The number of ether oxygens (including phenoxy) is 1. The minimum absolute atomic E-state index is 0.00922. The quantitative estimate of drug-likeness (QED) is 0.745. The van der Waals surface area contributed by atoms with Gasteiger partial charge in [0.05, 0.1) is 17.3 Å². The number of nitrogens with one attached hydrogen (secondary N) is 1. The third-order valence-corrected chi connectivity index (χ3v) is 4.91. The maximum atomic E-state index is 12.2. The van der Waals surface area contributed by atoms with Crippen LogP contribution in [-0.4, -0.2) is 56.2 Å². The van der Waals surface area contributed by atoms with E-state index in [1.165, 1.54) is 11.3 Å². The van der Waals surface area contributed by atoms with Crippen LogP contribution >= 0.6 is 11.3 Å². The molecule has 0 radical (unpaired) electrons. The first-order chi connectivity index (χ1) is 10.3. The fraction of sp³-hybridized carbons (Fsp3) is 0.750. The third kappa shape index (κ3) is 6.02. The molecule has 0 atom stereocenters. The molecular weight excluding hydrogens is 298 g/mol. The smallest absolute Gasteiger partial charge is 0.263 e. The van der Waals surface area contributed by atoms with E-state index < -0.39 is 0 Å². The van der Waals surface area contributed by atoms with Crippen LogP contribution in [0, 0.1) is 6.92 Å². The number of rotatable bonds is 8. The summed E-state index contributed by atoms with van der Waals surface area (Å²) in [6.45, 7) is 11.5. The highest BCUT2D eigenvalue weighted by Crippen LogP contribution is 2.29. The van der Waals surface area contributed by atoms with Crippen LogP contribution in [0.2, 0.25) is 0 Å². The van der Waals surface area contributed by atoms with Gasteiger partial charge >= 0.3 is 0 Å². The van der Waals surface area contributed by atoms with E-state index >= 15 is 0 Å². The number of carbonyl (C=O) groups excluding carboxylic acids is 1. The summed E-state index contributed by atoms with van der Waals surface area (Å²) in [6, 6.07) is 0. The van der Waals surface area contributed by atoms with Crippen LogP contribution < -0.4 is 5.32 Å². The van der Waals surface area contributed by atoms with Crippen molar-refractivity contribution in [1.29, 1.82) is 0 Å². The van der Waals surface area contributed by atoms with E-state index in [4.69, 9.17) is 4.74 Å². The lowest BCUT2D eigenvalue weighted by Gasteiger charge is -2.15. The Morgan fingerprint density at radius 1 is 1.36 bits per heavy atom. The van der Waals surface area contributed by atoms with Crippen molar-refractivity contribution < 1.29 is 9.53 Å². The average Bonchev–Trinajstić information content (AvgIpc) is 2.83. The van der Waals surface area contributed by atoms with E-state index in [0.717, 1.165) is 41.7 Å². The Labute approximate surface area is 138 Å². The van der Waals surface area contributed by atoms with Gasteiger partial charge < -0.3 is 15.0 Å². The topological polar surface area (TPSA) is 54.5 Å². The summed E-state index contributed by atoms with van der Waals surface area (Å²) in [7, 11) is 3.76. The number of likely N-dealkylation sites (N-methyl/N-ethyl adjacent to an activating group) is 1. The van der Waals surface area contributed by atoms with Gasteiger partial charge in [0.2, 0.25) is 0 Å². The molecule has 0 spiro atoms. The molecule has 0 unspecified atom stereocenters. The molecule has 1 amide bonds. The highest BCUT2D eigenvalue weighted by atomic mass is 32.1. The first-order valence-electron chi connectivity index (χ1n) is 7.69. The summed E-state index contributed by atoms with van der Waals surface area (Å²) in [4.78, 5) is 19.7. The summed E-state index contributed by atoms with van der Waals surface area (Å²) in [6.07, 6.45) is 0.927. The number of hydrogen-bond acceptors (Lipinski definition) is 5. The molecule has 0 aromatic carbocycles. The van der Waals surface area contributed by atoms with Crippen molar-refractivity contribution in [3.8, 4) is 0 Å². The molecule has 5 nitrogen and oxygen atoms in total. The van der Waals surface area contributed by atoms with Crippen molar-refractivity contribution in [1.82, 2.24) is 15.2 Å². The number of carbonyl (C=O) groups is 1. The largest absolute Gasteiger partial charge is 0.383 e. The zero-order valence-corrected chi connectivity index (χ0v) is 15.5. The lowest BCUT2D eigenvalue weighted by Crippen LogP contribution is -2.29. The Kier molecular flexibility index (Phi) is 7.45. The average molecular weight is 327 g/mol. The van der Waals surface area contributed by atoms with Crippen LogP contribution in [0.3, 0.4) is 0 Å². The van der Waals surface area contributed by atoms with Crippen molar-refractivity contribution in [3.63, 3.8) is 0 Å². The van der Waals surface area contributed by atoms with Gasteiger partial charge in [-0.1, -0.05) is 20.8 Å². The predicted octanol–water partition coefficient (Wildman–Crippen LogP) is 2.45. The molecule has 22 heavy (non-hydrogen) atoms. The van der Waals surface area contributed by atoms with E-state index in [1.807, 2.05) is 6.92 Å². The SMILES string of the molecule is COCCN(C)CCCNC(=O)c1sc(C(C)(C)C)nc1C. The molecule has 6 heteroatoms. The van der Waals surface area contributed by atoms with E-state index in [2.05, 4.69) is 43.0 Å². The van der Waals surface area contributed by atoms with Crippen LogP contribution in [-0.2, 0) is 10.2 Å². The second kappa shape index (κ2) is 8.60. The van der Waals surface area contributed by atoms with Crippen molar-refractivity contribution in [2.24, 2.45) is 0 Å². The van der Waals surface area contributed by atoms with E-state index in [-0.39, 0.29) is 11.3 Å². The van der Waals surface area contributed by atoms with Gasteiger partial charge in [0, 0.05) is 25.6 Å². The molecule has 1 rings (SSSR count). The summed E-state index contributed by atoms with van der Waals surface area (Å²) < 4.78 is 5.04. The number of aromatic nitrogens is 1. The molecule has 0 aliphatic carbocycles. The van der Waals surface area contributed by atoms with Crippen LogP contribution in [0.25, 0.3) is 0 Å². The lowest BCUT2D eigenvalue weighted by atomic mass is 9.98. The first-order valence-corrected chi connectivity index (χ1v) is 8.51. The fourth-order valence-corrected chi connectivity index (χ4v) is 2.96. The second-order valence-corrected chi connectivity index (χ2v) is 7.59. The molecule has 0 bridgehead atoms. The molecule has 1 aromatic rings. The van der Waals surface area contributed by atoms with Gasteiger partial charge in [0.25, 0.3) is 5.91 Å². The van der Waals surface area contributed by atoms with Gasteiger partial charge in [-0.05, 0) is 26.9 Å². The molecule has 1 aromatic heterocycles. The molecule has 1 heterocycles. The van der Waals surface area contributed by atoms with Gasteiger partial charge in [-0.25, -0.2) is 4.98 Å². The maximum absolute atomic E-state index is 12.2. The summed E-state index contributed by atoms with van der Waals surface area (Å²) in [5.74, 6) is -0.00922. The normalized spacial score (nSPS) is 12.0. The minimum Gasteiger partial charge on any atom is -0.383 e. The molecule has 0 fully saturated rings. The summed E-state index contributed by atoms with van der Waals surface area (Å²) in [5.41, 5.74) is 0.808. The standard InChI is InChI=1S/C16H29N3O2S/c1-12-13(22-15(18-12)16(2,3)4)14(20)17-8-7-9-19(5)10-11-21-6/h7-11H2,1-6H3,(H,17,20). The van der Waals surface area contributed by atoms with Crippen LogP contribution in [0.5, 0.6) is 0 Å². The molecule has 0 saturated heterocycles. The van der Waals surface area contributed by atoms with Gasteiger partial charge in [-0.3, -0.25) is 4.79 Å². The van der Waals surface area contributed by atoms with Gasteiger partial charge in [-0.15, -0.1) is 11.3 Å². The molecule has 0 saturated carbocycles. The van der Waals surface area contributed by atoms with E-state index in [0.29, 0.717) is 6.54 Å². The second-order valence-electron chi connectivity index (χ2n) is 6.59. The van der Waals surface area contributed by atoms with Crippen LogP contribution in [0.1, 0.15) is 47.6 Å². The summed E-state index contributed by atoms with van der Waals surface area (Å²) in [5, 5.41) is 4.00. The molecular formula is C16H29N3O2S. The lowest BCUT2D eigenvalue weighted by molar-refractivity contribution is 0.0954. The molecule has 126 valence electrons. The zero-order valence-electron chi connectivity index (χ0n) is 14.7. The highest BCUT2D eigenvalue weighted by Gasteiger charge is 2.22.